The van der Waals surface area contributed by atoms with Crippen LogP contribution in [0.4, 0.5) is 0 Å². The number of fused-ring (bicyclic) bond motifs is 1. The van der Waals surface area contributed by atoms with Gasteiger partial charge >= 0.3 is 0 Å². The van der Waals surface area contributed by atoms with Crippen LogP contribution < -0.4 is 14.8 Å². The minimum atomic E-state index is -0.946. The molecule has 0 aliphatic carbocycles. The van der Waals surface area contributed by atoms with Gasteiger partial charge in [-0.05, 0) is 55.7 Å². The maximum absolute atomic E-state index is 14.1. The molecule has 0 saturated heterocycles. The number of rotatable bonds is 11. The highest BCUT2D eigenvalue weighted by Gasteiger charge is 2.35. The maximum atomic E-state index is 14.1. The Hall–Kier alpha value is -4.40. The normalized spacial score (nSPS) is 12.1. The molecule has 1 unspecified atom stereocenters. The molecule has 39 heavy (non-hydrogen) atoms. The summed E-state index contributed by atoms with van der Waals surface area (Å²) in [7, 11) is 3.10. The molecule has 1 atom stereocenters. The van der Waals surface area contributed by atoms with Crippen molar-refractivity contribution in [2.24, 2.45) is 0 Å². The number of aromatic nitrogens is 3. The summed E-state index contributed by atoms with van der Waals surface area (Å²) in [6.07, 6.45) is 0.717. The summed E-state index contributed by atoms with van der Waals surface area (Å²) in [6.45, 7) is 6.06. The average Bonchev–Trinajstić information content (AvgIpc) is 3.35. The topological polar surface area (TPSA) is 98.6 Å². The van der Waals surface area contributed by atoms with Gasteiger partial charge in [0.05, 0.1) is 19.7 Å². The largest absolute Gasteiger partial charge is 0.493 e. The third kappa shape index (κ3) is 6.37. The molecule has 9 nitrogen and oxygen atoms in total. The van der Waals surface area contributed by atoms with E-state index in [1.54, 1.807) is 42.0 Å². The van der Waals surface area contributed by atoms with Crippen LogP contribution in [0.1, 0.15) is 44.4 Å². The number of carbonyl (C=O) groups excluding carboxylic acids is 2. The van der Waals surface area contributed by atoms with E-state index in [2.05, 4.69) is 15.6 Å². The summed E-state index contributed by atoms with van der Waals surface area (Å²) in [5, 5.41) is 11.5. The zero-order valence-corrected chi connectivity index (χ0v) is 23.0. The number of para-hydroxylation sites is 1. The molecular weight excluding hydrogens is 494 g/mol. The second kappa shape index (κ2) is 12.0. The predicted octanol–water partition coefficient (Wildman–Crippen LogP) is 4.52. The summed E-state index contributed by atoms with van der Waals surface area (Å²) in [6, 6.07) is 21.4. The lowest BCUT2D eigenvalue weighted by Gasteiger charge is -2.35. The second-order valence-electron chi connectivity index (χ2n) is 9.99. The lowest BCUT2D eigenvalue weighted by Crippen LogP contribution is -2.50. The molecule has 0 saturated carbocycles. The summed E-state index contributed by atoms with van der Waals surface area (Å²) in [5.74, 6) is 0.432. The number of amides is 2. The van der Waals surface area contributed by atoms with Gasteiger partial charge in [0.15, 0.2) is 11.5 Å². The Kier molecular flexibility index (Phi) is 8.49. The standard InChI is InChI=1S/C30H35N5O4/c1-6-30(2,3)31-29(37)28(22-16-17-25(38-4)26(18-22)39-5)34(19-21-12-8-7-9-13-21)27(36)20-35-24-15-11-10-14-23(24)32-33-35/h7-18,28H,6,19-20H2,1-5H3,(H,31,37). The lowest BCUT2D eigenvalue weighted by atomic mass is 9.98. The van der Waals surface area contributed by atoms with E-state index in [0.29, 0.717) is 22.6 Å². The van der Waals surface area contributed by atoms with E-state index in [4.69, 9.17) is 9.47 Å². The molecule has 0 radical (unpaired) electrons. The number of hydrogen-bond acceptors (Lipinski definition) is 6. The Bertz CT molecular complexity index is 1430. The van der Waals surface area contributed by atoms with Crippen LogP contribution in [-0.4, -0.2) is 51.5 Å². The van der Waals surface area contributed by atoms with Crippen molar-refractivity contribution >= 4 is 22.8 Å². The monoisotopic (exact) mass is 529 g/mol. The summed E-state index contributed by atoms with van der Waals surface area (Å²) >= 11 is 0. The van der Waals surface area contributed by atoms with Crippen LogP contribution in [0.25, 0.3) is 11.0 Å². The molecule has 4 rings (SSSR count). The first kappa shape index (κ1) is 27.6. The molecule has 1 heterocycles. The highest BCUT2D eigenvalue weighted by Crippen LogP contribution is 2.33. The smallest absolute Gasteiger partial charge is 0.247 e. The van der Waals surface area contributed by atoms with Gasteiger partial charge in [-0.15, -0.1) is 5.10 Å². The molecule has 1 aromatic heterocycles. The molecule has 1 N–H and O–H groups in total. The van der Waals surface area contributed by atoms with E-state index in [9.17, 15) is 9.59 Å². The highest BCUT2D eigenvalue weighted by molar-refractivity contribution is 5.89. The fraction of sp³-hybridized carbons (Fsp3) is 0.333. The average molecular weight is 530 g/mol. The van der Waals surface area contributed by atoms with Crippen LogP contribution in [0.3, 0.4) is 0 Å². The molecule has 0 spiro atoms. The maximum Gasteiger partial charge on any atom is 0.247 e. The van der Waals surface area contributed by atoms with E-state index >= 15 is 0 Å². The molecule has 2 amide bonds. The Balaban J connectivity index is 1.81. The second-order valence-corrected chi connectivity index (χ2v) is 9.99. The highest BCUT2D eigenvalue weighted by atomic mass is 16.5. The molecular formula is C30H35N5O4. The zero-order valence-electron chi connectivity index (χ0n) is 23.0. The minimum absolute atomic E-state index is 0.0818. The van der Waals surface area contributed by atoms with Crippen molar-refractivity contribution in [3.8, 4) is 11.5 Å². The van der Waals surface area contributed by atoms with Gasteiger partial charge < -0.3 is 19.7 Å². The first-order chi connectivity index (χ1) is 18.8. The van der Waals surface area contributed by atoms with Gasteiger partial charge in [0.25, 0.3) is 0 Å². The van der Waals surface area contributed by atoms with Crippen molar-refractivity contribution in [1.29, 1.82) is 0 Å². The zero-order chi connectivity index (χ0) is 28.0. The number of nitrogens with one attached hydrogen (secondary N) is 1. The Labute approximate surface area is 228 Å². The number of hydrogen-bond donors (Lipinski definition) is 1. The van der Waals surface area contributed by atoms with Gasteiger partial charge in [0, 0.05) is 12.1 Å². The SMILES string of the molecule is CCC(C)(C)NC(=O)C(c1ccc(OC)c(OC)c1)N(Cc1ccccc1)C(=O)Cn1nnc2ccccc21. The first-order valence-electron chi connectivity index (χ1n) is 12.9. The molecule has 3 aromatic carbocycles. The fourth-order valence-electron chi connectivity index (χ4n) is 4.34. The van der Waals surface area contributed by atoms with Gasteiger partial charge in [-0.2, -0.15) is 0 Å². The quantitative estimate of drug-likeness (QED) is 0.307. The van der Waals surface area contributed by atoms with Crippen molar-refractivity contribution in [3.05, 3.63) is 83.9 Å². The summed E-state index contributed by atoms with van der Waals surface area (Å²) in [4.78, 5) is 29.7. The van der Waals surface area contributed by atoms with E-state index in [1.807, 2.05) is 75.4 Å². The summed E-state index contributed by atoms with van der Waals surface area (Å²) in [5.41, 5.74) is 2.45. The van der Waals surface area contributed by atoms with Gasteiger partial charge in [0.2, 0.25) is 11.8 Å². The van der Waals surface area contributed by atoms with Gasteiger partial charge in [-0.1, -0.05) is 60.7 Å². The molecule has 4 aromatic rings. The number of ether oxygens (including phenoxy) is 2. The third-order valence-electron chi connectivity index (χ3n) is 6.85. The van der Waals surface area contributed by atoms with Crippen LogP contribution >= 0.6 is 0 Å². The van der Waals surface area contributed by atoms with Crippen molar-refractivity contribution in [3.63, 3.8) is 0 Å². The van der Waals surface area contributed by atoms with Gasteiger partial charge in [0.1, 0.15) is 18.1 Å². The van der Waals surface area contributed by atoms with E-state index in [-0.39, 0.29) is 24.9 Å². The Morgan fingerprint density at radius 3 is 2.36 bits per heavy atom. The minimum Gasteiger partial charge on any atom is -0.493 e. The molecule has 0 aliphatic heterocycles. The molecule has 0 aliphatic rings. The number of nitrogens with zero attached hydrogens (tertiary/aromatic N) is 4. The van der Waals surface area contributed by atoms with Crippen LogP contribution in [0, 0.1) is 0 Å². The first-order valence-corrected chi connectivity index (χ1v) is 12.9. The molecule has 9 heteroatoms. The van der Waals surface area contributed by atoms with E-state index in [1.165, 1.54) is 0 Å². The predicted molar refractivity (Wildman–Crippen MR) is 149 cm³/mol. The van der Waals surface area contributed by atoms with Crippen molar-refractivity contribution in [1.82, 2.24) is 25.2 Å². The third-order valence-corrected chi connectivity index (χ3v) is 6.85. The van der Waals surface area contributed by atoms with Gasteiger partial charge in [-0.25, -0.2) is 4.68 Å². The number of benzene rings is 3. The van der Waals surface area contributed by atoms with Gasteiger partial charge in [-0.3, -0.25) is 9.59 Å². The van der Waals surface area contributed by atoms with Crippen molar-refractivity contribution in [2.75, 3.05) is 14.2 Å². The van der Waals surface area contributed by atoms with Crippen LogP contribution in [-0.2, 0) is 22.7 Å². The number of methoxy groups -OCH3 is 2. The van der Waals surface area contributed by atoms with Crippen LogP contribution in [0.15, 0.2) is 72.8 Å². The fourth-order valence-corrected chi connectivity index (χ4v) is 4.34. The van der Waals surface area contributed by atoms with E-state index < -0.39 is 11.6 Å². The van der Waals surface area contributed by atoms with Crippen LogP contribution in [0.2, 0.25) is 0 Å². The molecule has 0 bridgehead atoms. The van der Waals surface area contributed by atoms with Crippen molar-refractivity contribution < 1.29 is 19.1 Å². The van der Waals surface area contributed by atoms with Crippen LogP contribution in [0.5, 0.6) is 11.5 Å². The van der Waals surface area contributed by atoms with Crippen molar-refractivity contribution in [2.45, 2.75) is 51.9 Å². The van der Waals surface area contributed by atoms with E-state index in [0.717, 1.165) is 17.5 Å². The summed E-state index contributed by atoms with van der Waals surface area (Å²) < 4.78 is 12.5. The molecule has 204 valence electrons. The number of carbonyl (C=O) groups is 2. The Morgan fingerprint density at radius 1 is 0.974 bits per heavy atom. The Morgan fingerprint density at radius 2 is 1.67 bits per heavy atom. The molecule has 0 fully saturated rings. The lowest BCUT2D eigenvalue weighted by molar-refractivity contribution is -0.143.